The zero-order valence-corrected chi connectivity index (χ0v) is 11.0. The summed E-state index contributed by atoms with van der Waals surface area (Å²) in [6.07, 6.45) is 0.956. The summed E-state index contributed by atoms with van der Waals surface area (Å²) >= 11 is 0. The second-order valence-electron chi connectivity index (χ2n) is 5.20. The molecule has 0 radical (unpaired) electrons. The van der Waals surface area contributed by atoms with Crippen LogP contribution in [0.4, 0.5) is 0 Å². The minimum atomic E-state index is 0.0625. The lowest BCUT2D eigenvalue weighted by molar-refractivity contribution is -0.128. The molecule has 5 nitrogen and oxygen atoms in total. The highest BCUT2D eigenvalue weighted by Gasteiger charge is 2.28. The molecule has 2 fully saturated rings. The van der Waals surface area contributed by atoms with Crippen molar-refractivity contribution in [2.75, 3.05) is 59.9 Å². The van der Waals surface area contributed by atoms with Gasteiger partial charge >= 0.3 is 0 Å². The fraction of sp³-hybridized carbons (Fsp3) is 0.917. The van der Waals surface area contributed by atoms with Gasteiger partial charge in [0.15, 0.2) is 0 Å². The van der Waals surface area contributed by atoms with Gasteiger partial charge < -0.3 is 15.1 Å². The zero-order valence-electron chi connectivity index (χ0n) is 11.0. The quantitative estimate of drug-likeness (QED) is 0.688. The van der Waals surface area contributed by atoms with Crippen LogP contribution in [0.15, 0.2) is 0 Å². The Balaban J connectivity index is 1.61. The summed E-state index contributed by atoms with van der Waals surface area (Å²) < 4.78 is 0. The van der Waals surface area contributed by atoms with E-state index in [0.29, 0.717) is 0 Å². The maximum atomic E-state index is 11.7. The molecule has 2 aliphatic rings. The van der Waals surface area contributed by atoms with E-state index in [4.69, 9.17) is 0 Å². The van der Waals surface area contributed by atoms with Gasteiger partial charge in [-0.25, -0.2) is 0 Å². The van der Waals surface area contributed by atoms with Crippen molar-refractivity contribution in [1.29, 1.82) is 0 Å². The second-order valence-corrected chi connectivity index (χ2v) is 5.20. The number of carbonyl (C=O) groups is 1. The van der Waals surface area contributed by atoms with Gasteiger partial charge in [0, 0.05) is 52.9 Å². The van der Waals surface area contributed by atoms with Crippen LogP contribution in [0.25, 0.3) is 0 Å². The molecule has 2 aliphatic heterocycles. The molecule has 1 unspecified atom stereocenters. The molecule has 1 N–H and O–H groups in total. The molecule has 2 rings (SSSR count). The van der Waals surface area contributed by atoms with E-state index in [1.54, 1.807) is 0 Å². The van der Waals surface area contributed by atoms with Gasteiger partial charge in [0.2, 0.25) is 5.91 Å². The van der Waals surface area contributed by atoms with E-state index in [-0.39, 0.29) is 11.9 Å². The first-order chi connectivity index (χ1) is 8.16. The van der Waals surface area contributed by atoms with E-state index in [1.165, 1.54) is 0 Å². The van der Waals surface area contributed by atoms with Crippen molar-refractivity contribution < 1.29 is 4.79 Å². The number of hydrogen-bond acceptors (Lipinski definition) is 4. The lowest BCUT2D eigenvalue weighted by atomic mass is 10.2. The van der Waals surface area contributed by atoms with E-state index in [1.807, 2.05) is 11.9 Å². The number of hydrogen-bond donors (Lipinski definition) is 1. The summed E-state index contributed by atoms with van der Waals surface area (Å²) in [6.45, 7) is 7.49. The van der Waals surface area contributed by atoms with Crippen LogP contribution in [0, 0.1) is 0 Å². The number of piperazine rings is 1. The molecule has 0 spiro atoms. The number of rotatable bonds is 4. The Bertz CT molecular complexity index is 263. The van der Waals surface area contributed by atoms with Crippen LogP contribution in [0.5, 0.6) is 0 Å². The fourth-order valence-corrected chi connectivity index (χ4v) is 2.48. The average Bonchev–Trinajstić information content (AvgIpc) is 2.64. The Morgan fingerprint density at radius 1 is 1.18 bits per heavy atom. The van der Waals surface area contributed by atoms with Crippen molar-refractivity contribution in [3.63, 3.8) is 0 Å². The molecule has 2 saturated heterocycles. The third-order valence-corrected chi connectivity index (χ3v) is 3.84. The highest BCUT2D eigenvalue weighted by molar-refractivity contribution is 5.83. The maximum Gasteiger partial charge on any atom is 0.239 e. The smallest absolute Gasteiger partial charge is 0.239 e. The summed E-state index contributed by atoms with van der Waals surface area (Å²) in [5, 5.41) is 3.37. The van der Waals surface area contributed by atoms with Crippen molar-refractivity contribution >= 4 is 5.91 Å². The minimum Gasteiger partial charge on any atom is -0.344 e. The predicted octanol–water partition coefficient (Wildman–Crippen LogP) is -0.946. The molecule has 1 atom stereocenters. The van der Waals surface area contributed by atoms with Crippen molar-refractivity contribution in [2.24, 2.45) is 0 Å². The topological polar surface area (TPSA) is 38.8 Å². The van der Waals surface area contributed by atoms with Crippen molar-refractivity contribution in [3.8, 4) is 0 Å². The fourth-order valence-electron chi connectivity index (χ4n) is 2.48. The summed E-state index contributed by atoms with van der Waals surface area (Å²) in [5.74, 6) is 0.253. The summed E-state index contributed by atoms with van der Waals surface area (Å²) in [4.78, 5) is 18.3. The monoisotopic (exact) mass is 240 g/mol. The first-order valence-electron chi connectivity index (χ1n) is 6.56. The highest BCUT2D eigenvalue weighted by Crippen LogP contribution is 2.08. The molecule has 0 bridgehead atoms. The minimum absolute atomic E-state index is 0.0625. The largest absolute Gasteiger partial charge is 0.344 e. The van der Waals surface area contributed by atoms with E-state index >= 15 is 0 Å². The van der Waals surface area contributed by atoms with Gasteiger partial charge in [-0.15, -0.1) is 0 Å². The molecule has 17 heavy (non-hydrogen) atoms. The number of likely N-dealkylation sites (tertiary alicyclic amines) is 1. The molecule has 5 heteroatoms. The number of nitrogens with one attached hydrogen (secondary N) is 1. The molecular formula is C12H24N4O. The van der Waals surface area contributed by atoms with E-state index in [0.717, 1.165) is 52.2 Å². The summed E-state index contributed by atoms with van der Waals surface area (Å²) in [5.41, 5.74) is 0. The van der Waals surface area contributed by atoms with Crippen LogP contribution >= 0.6 is 0 Å². The Morgan fingerprint density at radius 2 is 1.88 bits per heavy atom. The van der Waals surface area contributed by atoms with Gasteiger partial charge in [0.05, 0.1) is 6.04 Å². The molecule has 0 aliphatic carbocycles. The van der Waals surface area contributed by atoms with Crippen LogP contribution in [0.1, 0.15) is 6.42 Å². The van der Waals surface area contributed by atoms with Crippen LogP contribution in [-0.4, -0.2) is 86.6 Å². The predicted molar refractivity (Wildman–Crippen MR) is 68.0 cm³/mol. The van der Waals surface area contributed by atoms with Gasteiger partial charge in [-0.05, 0) is 13.5 Å². The number of amides is 1. The van der Waals surface area contributed by atoms with Crippen LogP contribution in [-0.2, 0) is 4.79 Å². The molecular weight excluding hydrogens is 216 g/mol. The Hall–Kier alpha value is -0.650. The first-order valence-corrected chi connectivity index (χ1v) is 6.56. The first kappa shape index (κ1) is 12.8. The average molecular weight is 240 g/mol. The summed E-state index contributed by atoms with van der Waals surface area (Å²) in [7, 11) is 4.05. The Kier molecular flexibility index (Phi) is 4.36. The van der Waals surface area contributed by atoms with Gasteiger partial charge in [-0.3, -0.25) is 9.69 Å². The molecule has 98 valence electrons. The second kappa shape index (κ2) is 5.80. The van der Waals surface area contributed by atoms with Gasteiger partial charge in [0.1, 0.15) is 0 Å². The van der Waals surface area contributed by atoms with Gasteiger partial charge in [0.25, 0.3) is 0 Å². The van der Waals surface area contributed by atoms with Crippen molar-refractivity contribution in [2.45, 2.75) is 12.5 Å². The van der Waals surface area contributed by atoms with E-state index in [2.05, 4.69) is 22.2 Å². The third-order valence-electron chi connectivity index (χ3n) is 3.84. The molecule has 1 amide bonds. The van der Waals surface area contributed by atoms with Gasteiger partial charge in [-0.1, -0.05) is 0 Å². The lowest BCUT2D eigenvalue weighted by Crippen LogP contribution is -2.48. The SMILES string of the molecule is CN1CCN(CCNC2CCN(C)C2=O)CC1. The lowest BCUT2D eigenvalue weighted by Gasteiger charge is -2.32. The Labute approximate surface area is 104 Å². The molecule has 2 heterocycles. The number of nitrogens with zero attached hydrogens (tertiary/aromatic N) is 3. The van der Waals surface area contributed by atoms with Crippen LogP contribution in [0.2, 0.25) is 0 Å². The highest BCUT2D eigenvalue weighted by atomic mass is 16.2. The van der Waals surface area contributed by atoms with E-state index < -0.39 is 0 Å². The third kappa shape index (κ3) is 3.40. The van der Waals surface area contributed by atoms with E-state index in [9.17, 15) is 4.79 Å². The maximum absolute atomic E-state index is 11.7. The van der Waals surface area contributed by atoms with Crippen molar-refractivity contribution in [3.05, 3.63) is 0 Å². The Morgan fingerprint density at radius 3 is 2.47 bits per heavy atom. The molecule has 0 aromatic heterocycles. The molecule has 0 aromatic carbocycles. The number of carbonyl (C=O) groups excluding carboxylic acids is 1. The van der Waals surface area contributed by atoms with Crippen LogP contribution in [0.3, 0.4) is 0 Å². The number of likely N-dealkylation sites (N-methyl/N-ethyl adjacent to an activating group) is 2. The van der Waals surface area contributed by atoms with Crippen LogP contribution < -0.4 is 5.32 Å². The summed E-state index contributed by atoms with van der Waals surface area (Å²) in [6, 6.07) is 0.0625. The standard InChI is InChI=1S/C12H24N4O/c1-14-7-9-16(10-8-14)6-4-13-11-3-5-15(2)12(11)17/h11,13H,3-10H2,1-2H3. The zero-order chi connectivity index (χ0) is 12.3. The van der Waals surface area contributed by atoms with Gasteiger partial charge in [-0.2, -0.15) is 0 Å². The molecule has 0 aromatic rings. The normalized spacial score (nSPS) is 28.0. The van der Waals surface area contributed by atoms with Crippen molar-refractivity contribution in [1.82, 2.24) is 20.0 Å². The molecule has 0 saturated carbocycles.